The summed E-state index contributed by atoms with van der Waals surface area (Å²) in [6.07, 6.45) is 0. The Balaban J connectivity index is 1.89. The Bertz CT molecular complexity index is 765. The second-order valence-corrected chi connectivity index (χ2v) is 5.80. The van der Waals surface area contributed by atoms with Gasteiger partial charge in [0.05, 0.1) is 22.7 Å². The van der Waals surface area contributed by atoms with Crippen molar-refractivity contribution in [2.45, 2.75) is 6.92 Å². The van der Waals surface area contributed by atoms with Gasteiger partial charge in [-0.05, 0) is 37.3 Å². The molecule has 0 saturated carbocycles. The monoisotopic (exact) mass is 363 g/mol. The van der Waals surface area contributed by atoms with Crippen molar-refractivity contribution in [1.82, 2.24) is 4.90 Å². The fourth-order valence-electron chi connectivity index (χ4n) is 2.10. The predicted molar refractivity (Wildman–Crippen MR) is 96.4 cm³/mol. The van der Waals surface area contributed by atoms with Crippen molar-refractivity contribution >= 4 is 29.0 Å². The van der Waals surface area contributed by atoms with Crippen molar-refractivity contribution in [3.63, 3.8) is 0 Å². The SMILES string of the molecule is Cc1c(NC(=O)N(C)CCOc2ccc(Cl)cc2)cccc1[N+](=O)[O-]. The fourth-order valence-corrected chi connectivity index (χ4v) is 2.23. The third kappa shape index (κ3) is 5.09. The number of hydrogen-bond donors (Lipinski definition) is 1. The molecule has 0 heterocycles. The van der Waals surface area contributed by atoms with Crippen LogP contribution in [0, 0.1) is 17.0 Å². The summed E-state index contributed by atoms with van der Waals surface area (Å²) in [5.74, 6) is 0.660. The highest BCUT2D eigenvalue weighted by Crippen LogP contribution is 2.25. The van der Waals surface area contributed by atoms with E-state index < -0.39 is 4.92 Å². The number of rotatable bonds is 6. The molecule has 0 aliphatic carbocycles. The quantitative estimate of drug-likeness (QED) is 0.618. The highest BCUT2D eigenvalue weighted by molar-refractivity contribution is 6.30. The van der Waals surface area contributed by atoms with Gasteiger partial charge in [-0.3, -0.25) is 10.1 Å². The van der Waals surface area contributed by atoms with Crippen LogP contribution < -0.4 is 10.1 Å². The molecule has 0 fully saturated rings. The molecule has 0 aromatic heterocycles. The number of urea groups is 1. The third-order valence-corrected chi connectivity index (χ3v) is 3.85. The largest absolute Gasteiger partial charge is 0.492 e. The Hall–Kier alpha value is -2.80. The maximum absolute atomic E-state index is 12.2. The first kappa shape index (κ1) is 18.5. The van der Waals surface area contributed by atoms with Gasteiger partial charge in [0.15, 0.2) is 0 Å². The van der Waals surface area contributed by atoms with Crippen LogP contribution in [0.1, 0.15) is 5.56 Å². The first-order valence-corrected chi connectivity index (χ1v) is 7.91. The van der Waals surface area contributed by atoms with Gasteiger partial charge in [0.1, 0.15) is 12.4 Å². The number of halogens is 1. The van der Waals surface area contributed by atoms with E-state index in [-0.39, 0.29) is 11.7 Å². The zero-order valence-electron chi connectivity index (χ0n) is 13.9. The smallest absolute Gasteiger partial charge is 0.321 e. The Morgan fingerprint density at radius 2 is 1.96 bits per heavy atom. The third-order valence-electron chi connectivity index (χ3n) is 3.60. The maximum atomic E-state index is 12.2. The summed E-state index contributed by atoms with van der Waals surface area (Å²) in [5.41, 5.74) is 0.780. The average Bonchev–Trinajstić information content (AvgIpc) is 2.58. The van der Waals surface area contributed by atoms with Gasteiger partial charge in [-0.25, -0.2) is 4.79 Å². The Morgan fingerprint density at radius 1 is 1.28 bits per heavy atom. The topological polar surface area (TPSA) is 84.7 Å². The summed E-state index contributed by atoms with van der Waals surface area (Å²) in [6.45, 7) is 2.25. The van der Waals surface area contributed by atoms with E-state index in [1.165, 1.54) is 17.0 Å². The molecule has 0 radical (unpaired) electrons. The van der Waals surface area contributed by atoms with Crippen molar-refractivity contribution < 1.29 is 14.5 Å². The van der Waals surface area contributed by atoms with Gasteiger partial charge < -0.3 is 15.0 Å². The van der Waals surface area contributed by atoms with Gasteiger partial charge in [0.2, 0.25) is 0 Å². The van der Waals surface area contributed by atoms with E-state index >= 15 is 0 Å². The molecule has 25 heavy (non-hydrogen) atoms. The number of benzene rings is 2. The van der Waals surface area contributed by atoms with Crippen LogP contribution in [0.2, 0.25) is 5.02 Å². The van der Waals surface area contributed by atoms with Crippen LogP contribution in [-0.4, -0.2) is 36.1 Å². The summed E-state index contributed by atoms with van der Waals surface area (Å²) in [5, 5.41) is 14.2. The van der Waals surface area contributed by atoms with Gasteiger partial charge in [0, 0.05) is 18.1 Å². The molecule has 0 aliphatic heterocycles. The van der Waals surface area contributed by atoms with Gasteiger partial charge >= 0.3 is 6.03 Å². The zero-order valence-corrected chi connectivity index (χ0v) is 14.6. The molecule has 0 bridgehead atoms. The van der Waals surface area contributed by atoms with Gasteiger partial charge in [-0.2, -0.15) is 0 Å². The summed E-state index contributed by atoms with van der Waals surface area (Å²) < 4.78 is 5.54. The number of hydrogen-bond acceptors (Lipinski definition) is 4. The highest BCUT2D eigenvalue weighted by Gasteiger charge is 2.16. The molecule has 8 heteroatoms. The normalized spacial score (nSPS) is 10.2. The molecular weight excluding hydrogens is 346 g/mol. The van der Waals surface area contributed by atoms with Crippen LogP contribution in [-0.2, 0) is 0 Å². The van der Waals surface area contributed by atoms with Crippen molar-refractivity contribution in [2.24, 2.45) is 0 Å². The zero-order chi connectivity index (χ0) is 18.4. The lowest BCUT2D eigenvalue weighted by atomic mass is 10.1. The second kappa shape index (κ2) is 8.34. The minimum atomic E-state index is -0.478. The lowest BCUT2D eigenvalue weighted by Gasteiger charge is -2.19. The lowest BCUT2D eigenvalue weighted by Crippen LogP contribution is -2.34. The van der Waals surface area contributed by atoms with Crippen LogP contribution in [0.3, 0.4) is 0 Å². The van der Waals surface area contributed by atoms with Crippen molar-refractivity contribution in [2.75, 3.05) is 25.5 Å². The van der Waals surface area contributed by atoms with Crippen LogP contribution in [0.4, 0.5) is 16.2 Å². The summed E-state index contributed by atoms with van der Waals surface area (Å²) >= 11 is 5.80. The minimum Gasteiger partial charge on any atom is -0.492 e. The fraction of sp³-hybridized carbons (Fsp3) is 0.235. The number of amides is 2. The molecule has 0 atom stereocenters. The number of ether oxygens (including phenoxy) is 1. The first-order chi connectivity index (χ1) is 11.9. The number of nitrogens with zero attached hydrogens (tertiary/aromatic N) is 2. The van der Waals surface area contributed by atoms with Crippen molar-refractivity contribution in [3.05, 3.63) is 63.2 Å². The van der Waals surface area contributed by atoms with E-state index in [0.29, 0.717) is 35.2 Å². The standard InChI is InChI=1S/C17H18ClN3O4/c1-12-15(4-3-5-16(12)21(23)24)19-17(22)20(2)10-11-25-14-8-6-13(18)7-9-14/h3-9H,10-11H2,1-2H3,(H,19,22). The lowest BCUT2D eigenvalue weighted by molar-refractivity contribution is -0.385. The molecule has 0 aliphatic rings. The van der Waals surface area contributed by atoms with E-state index in [4.69, 9.17) is 16.3 Å². The molecule has 7 nitrogen and oxygen atoms in total. The minimum absolute atomic E-state index is 0.0356. The molecular formula is C17H18ClN3O4. The maximum Gasteiger partial charge on any atom is 0.321 e. The molecule has 0 unspecified atom stereocenters. The van der Waals surface area contributed by atoms with Crippen LogP contribution in [0.25, 0.3) is 0 Å². The molecule has 132 valence electrons. The Morgan fingerprint density at radius 3 is 2.60 bits per heavy atom. The van der Waals surface area contributed by atoms with E-state index in [2.05, 4.69) is 5.32 Å². The van der Waals surface area contributed by atoms with E-state index in [0.717, 1.165) is 0 Å². The number of nitro benzene ring substituents is 1. The highest BCUT2D eigenvalue weighted by atomic mass is 35.5. The molecule has 0 spiro atoms. The summed E-state index contributed by atoms with van der Waals surface area (Å²) in [6, 6.07) is 11.1. The van der Waals surface area contributed by atoms with Gasteiger partial charge in [-0.1, -0.05) is 17.7 Å². The molecule has 2 amide bonds. The summed E-state index contributed by atoms with van der Waals surface area (Å²) in [7, 11) is 1.62. The average molecular weight is 364 g/mol. The second-order valence-electron chi connectivity index (χ2n) is 5.36. The number of anilines is 1. The van der Waals surface area contributed by atoms with Crippen molar-refractivity contribution in [3.8, 4) is 5.75 Å². The number of nitro groups is 1. The number of nitrogens with one attached hydrogen (secondary N) is 1. The molecule has 0 saturated heterocycles. The first-order valence-electron chi connectivity index (χ1n) is 7.53. The Labute approximate surface area is 150 Å². The van der Waals surface area contributed by atoms with E-state index in [1.807, 2.05) is 0 Å². The number of carbonyl (C=O) groups excluding carboxylic acids is 1. The van der Waals surface area contributed by atoms with Crippen LogP contribution in [0.5, 0.6) is 5.75 Å². The predicted octanol–water partition coefficient (Wildman–Crippen LogP) is 4.10. The van der Waals surface area contributed by atoms with Crippen LogP contribution >= 0.6 is 11.6 Å². The molecule has 2 aromatic carbocycles. The molecule has 2 rings (SSSR count). The van der Waals surface area contributed by atoms with Gasteiger partial charge in [0.25, 0.3) is 5.69 Å². The molecule has 2 aromatic rings. The number of carbonyl (C=O) groups is 1. The van der Waals surface area contributed by atoms with Crippen molar-refractivity contribution in [1.29, 1.82) is 0 Å². The van der Waals surface area contributed by atoms with E-state index in [1.54, 1.807) is 44.3 Å². The number of likely N-dealkylation sites (N-methyl/N-ethyl adjacent to an activating group) is 1. The Kier molecular flexibility index (Phi) is 6.19. The van der Waals surface area contributed by atoms with E-state index in [9.17, 15) is 14.9 Å². The van der Waals surface area contributed by atoms with Gasteiger partial charge in [-0.15, -0.1) is 0 Å². The summed E-state index contributed by atoms with van der Waals surface area (Å²) in [4.78, 5) is 24.1. The van der Waals surface area contributed by atoms with Crippen LogP contribution in [0.15, 0.2) is 42.5 Å². The molecule has 1 N–H and O–H groups in total.